The van der Waals surface area contributed by atoms with Gasteiger partial charge in [-0.1, -0.05) is 0 Å². The molecule has 0 saturated carbocycles. The van der Waals surface area contributed by atoms with E-state index < -0.39 is 45.7 Å². The van der Waals surface area contributed by atoms with E-state index in [-0.39, 0.29) is 11.5 Å². The van der Waals surface area contributed by atoms with Crippen LogP contribution in [-0.2, 0) is 10.0 Å². The number of sulfonamides is 1. The first-order valence-corrected chi connectivity index (χ1v) is 6.80. The predicted molar refractivity (Wildman–Crippen MR) is 63.4 cm³/mol. The van der Waals surface area contributed by atoms with Crippen LogP contribution in [0.15, 0.2) is 9.31 Å². The summed E-state index contributed by atoms with van der Waals surface area (Å²) in [6, 6.07) is -1.11. The highest BCUT2D eigenvalue weighted by Crippen LogP contribution is 2.26. The maximum absolute atomic E-state index is 12.1. The number of nitrogens with one attached hydrogen (secondary N) is 1. The Morgan fingerprint density at radius 1 is 1.26 bits per heavy atom. The van der Waals surface area contributed by atoms with Crippen LogP contribution in [0.1, 0.15) is 21.9 Å². The van der Waals surface area contributed by atoms with Crippen molar-refractivity contribution in [2.24, 2.45) is 0 Å². The molecule has 0 aromatic carbocycles. The van der Waals surface area contributed by atoms with Gasteiger partial charge in [0.05, 0.1) is 19.3 Å². The van der Waals surface area contributed by atoms with Crippen molar-refractivity contribution in [3.63, 3.8) is 0 Å². The first-order chi connectivity index (χ1) is 8.74. The highest BCUT2D eigenvalue weighted by Gasteiger charge is 2.32. The zero-order chi connectivity index (χ0) is 14.8. The fourth-order valence-corrected chi connectivity index (χ4v) is 3.27. The van der Waals surface area contributed by atoms with Gasteiger partial charge in [-0.25, -0.2) is 17.9 Å². The lowest BCUT2D eigenvalue weighted by molar-refractivity contribution is 0.0691. The van der Waals surface area contributed by atoms with Gasteiger partial charge in [0.1, 0.15) is 22.0 Å². The number of aliphatic hydroxyl groups excluding tert-OH is 2. The summed E-state index contributed by atoms with van der Waals surface area (Å²) in [7, 11) is -4.21. The van der Waals surface area contributed by atoms with E-state index in [9.17, 15) is 13.2 Å². The van der Waals surface area contributed by atoms with Crippen LogP contribution in [0.5, 0.6) is 0 Å². The number of carboxylic acid groups (broad SMARTS) is 1. The van der Waals surface area contributed by atoms with E-state index in [0.717, 1.165) is 0 Å². The Morgan fingerprint density at radius 3 is 2.21 bits per heavy atom. The van der Waals surface area contributed by atoms with Crippen molar-refractivity contribution < 1.29 is 32.9 Å². The smallest absolute Gasteiger partial charge is 0.340 e. The third-order valence-corrected chi connectivity index (χ3v) is 4.12. The molecule has 0 spiro atoms. The number of hydrogen-bond acceptors (Lipinski definition) is 6. The second-order valence-electron chi connectivity index (χ2n) is 3.91. The van der Waals surface area contributed by atoms with Gasteiger partial charge >= 0.3 is 5.97 Å². The van der Waals surface area contributed by atoms with Gasteiger partial charge in [0.2, 0.25) is 10.0 Å². The van der Waals surface area contributed by atoms with Crippen LogP contribution in [0.4, 0.5) is 0 Å². The first kappa shape index (κ1) is 15.6. The minimum Gasteiger partial charge on any atom is -0.478 e. The topological polar surface area (TPSA) is 137 Å². The molecule has 1 aromatic heterocycles. The van der Waals surface area contributed by atoms with Gasteiger partial charge in [-0.2, -0.15) is 0 Å². The van der Waals surface area contributed by atoms with Gasteiger partial charge in [-0.05, 0) is 13.8 Å². The SMILES string of the molecule is Cc1oc(C)c(S(=O)(=O)NC(CO)CO)c1C(=O)O. The van der Waals surface area contributed by atoms with Crippen molar-refractivity contribution >= 4 is 16.0 Å². The Morgan fingerprint density at radius 2 is 1.79 bits per heavy atom. The van der Waals surface area contributed by atoms with Crippen molar-refractivity contribution in [3.05, 3.63) is 17.1 Å². The molecule has 0 atom stereocenters. The van der Waals surface area contributed by atoms with Crippen LogP contribution in [0, 0.1) is 13.8 Å². The molecular weight excluding hydrogens is 278 g/mol. The third kappa shape index (κ3) is 3.13. The van der Waals surface area contributed by atoms with Crippen molar-refractivity contribution in [1.29, 1.82) is 0 Å². The molecule has 1 rings (SSSR count). The number of aromatic carboxylic acids is 1. The van der Waals surface area contributed by atoms with Gasteiger partial charge in [0.15, 0.2) is 0 Å². The molecule has 0 aliphatic heterocycles. The molecule has 0 amide bonds. The van der Waals surface area contributed by atoms with Crippen LogP contribution in [0.2, 0.25) is 0 Å². The van der Waals surface area contributed by atoms with Crippen molar-refractivity contribution in [2.75, 3.05) is 13.2 Å². The number of furan rings is 1. The van der Waals surface area contributed by atoms with Gasteiger partial charge in [-0.15, -0.1) is 0 Å². The summed E-state index contributed by atoms with van der Waals surface area (Å²) >= 11 is 0. The van der Waals surface area contributed by atoms with Crippen molar-refractivity contribution in [3.8, 4) is 0 Å². The minimum atomic E-state index is -4.21. The average molecular weight is 293 g/mol. The number of hydrogen-bond donors (Lipinski definition) is 4. The highest BCUT2D eigenvalue weighted by molar-refractivity contribution is 7.89. The molecule has 1 heterocycles. The molecule has 0 radical (unpaired) electrons. The van der Waals surface area contributed by atoms with Crippen LogP contribution in [0.3, 0.4) is 0 Å². The zero-order valence-corrected chi connectivity index (χ0v) is 11.2. The summed E-state index contributed by atoms with van der Waals surface area (Å²) in [5.41, 5.74) is -0.459. The molecule has 0 unspecified atom stereocenters. The molecule has 0 aliphatic carbocycles. The van der Waals surface area contributed by atoms with Gasteiger partial charge in [0, 0.05) is 0 Å². The first-order valence-electron chi connectivity index (χ1n) is 5.32. The lowest BCUT2D eigenvalue weighted by Gasteiger charge is -2.13. The number of rotatable bonds is 6. The molecular formula is C10H15NO7S. The summed E-state index contributed by atoms with van der Waals surface area (Å²) in [6.07, 6.45) is 0. The Hall–Kier alpha value is -1.42. The van der Waals surface area contributed by atoms with E-state index in [4.69, 9.17) is 19.7 Å². The van der Waals surface area contributed by atoms with Crippen LogP contribution >= 0.6 is 0 Å². The second kappa shape index (κ2) is 5.70. The standard InChI is InChI=1S/C10H15NO7S/c1-5-8(10(14)15)9(6(2)18-5)19(16,17)11-7(3-12)4-13/h7,11-13H,3-4H2,1-2H3,(H,14,15). The zero-order valence-electron chi connectivity index (χ0n) is 10.4. The summed E-state index contributed by atoms with van der Waals surface area (Å²) in [4.78, 5) is 10.6. The van der Waals surface area contributed by atoms with Gasteiger partial charge < -0.3 is 19.7 Å². The largest absolute Gasteiger partial charge is 0.478 e. The quantitative estimate of drug-likeness (QED) is 0.540. The molecule has 0 fully saturated rings. The van der Waals surface area contributed by atoms with E-state index in [2.05, 4.69) is 0 Å². The Bertz CT molecular complexity index is 571. The van der Waals surface area contributed by atoms with Crippen LogP contribution in [-0.4, -0.2) is 49.0 Å². The molecule has 0 bridgehead atoms. The van der Waals surface area contributed by atoms with Crippen molar-refractivity contribution in [1.82, 2.24) is 4.72 Å². The average Bonchev–Trinajstić information content (AvgIpc) is 2.61. The second-order valence-corrected chi connectivity index (χ2v) is 5.56. The van der Waals surface area contributed by atoms with E-state index in [0.29, 0.717) is 0 Å². The normalized spacial score (nSPS) is 12.1. The summed E-state index contributed by atoms with van der Waals surface area (Å²) in [6.45, 7) is 1.42. The van der Waals surface area contributed by atoms with Gasteiger partial charge in [0.25, 0.3) is 0 Å². The Kier molecular flexibility index (Phi) is 4.69. The third-order valence-electron chi connectivity index (χ3n) is 2.45. The number of aryl methyl sites for hydroxylation is 2. The van der Waals surface area contributed by atoms with E-state index in [1.165, 1.54) is 13.8 Å². The maximum Gasteiger partial charge on any atom is 0.340 e. The minimum absolute atomic E-state index is 0.0325. The van der Waals surface area contributed by atoms with Crippen LogP contribution < -0.4 is 4.72 Å². The molecule has 4 N–H and O–H groups in total. The fourth-order valence-electron chi connectivity index (χ4n) is 1.64. The van der Waals surface area contributed by atoms with E-state index in [1.54, 1.807) is 0 Å². The Balaban J connectivity index is 3.33. The number of carboxylic acids is 1. The molecule has 0 aliphatic rings. The van der Waals surface area contributed by atoms with E-state index in [1.807, 2.05) is 4.72 Å². The summed E-state index contributed by atoms with van der Waals surface area (Å²) in [5, 5.41) is 26.7. The Labute approximate surface area is 109 Å². The molecule has 8 nitrogen and oxygen atoms in total. The van der Waals surface area contributed by atoms with Gasteiger partial charge in [-0.3, -0.25) is 0 Å². The number of aliphatic hydroxyl groups is 2. The predicted octanol–water partition coefficient (Wildman–Crippen LogP) is -0.774. The summed E-state index contributed by atoms with van der Waals surface area (Å²) in [5.74, 6) is -1.54. The highest BCUT2D eigenvalue weighted by atomic mass is 32.2. The van der Waals surface area contributed by atoms with Crippen LogP contribution in [0.25, 0.3) is 0 Å². The van der Waals surface area contributed by atoms with E-state index >= 15 is 0 Å². The van der Waals surface area contributed by atoms with Crippen molar-refractivity contribution in [2.45, 2.75) is 24.8 Å². The monoisotopic (exact) mass is 293 g/mol. The lowest BCUT2D eigenvalue weighted by Crippen LogP contribution is -2.40. The molecule has 19 heavy (non-hydrogen) atoms. The maximum atomic E-state index is 12.1. The molecule has 108 valence electrons. The fraction of sp³-hybridized carbons (Fsp3) is 0.500. The summed E-state index contributed by atoms with van der Waals surface area (Å²) < 4.78 is 31.2. The lowest BCUT2D eigenvalue weighted by atomic mass is 10.2. The molecule has 1 aromatic rings. The molecule has 9 heteroatoms. The molecule has 0 saturated heterocycles. The number of carbonyl (C=O) groups is 1.